The van der Waals surface area contributed by atoms with E-state index in [4.69, 9.17) is 16.3 Å². The van der Waals surface area contributed by atoms with Crippen molar-refractivity contribution >= 4 is 34.3 Å². The standard InChI is InChI=1S/C16H22ClN3O2/c1-3-22-16(21)6-4-5-15-19-13-8-7-12(18-10-9-17)11-14(13)20(15)2/h7-8,11,18H,3-6,9-10H2,1-2H3. The maximum atomic E-state index is 11.4. The van der Waals surface area contributed by atoms with Crippen LogP contribution in [-0.4, -0.2) is 34.6 Å². The molecule has 0 spiro atoms. The molecule has 0 atom stereocenters. The number of carbonyl (C=O) groups is 1. The first-order valence-corrected chi connectivity index (χ1v) is 8.10. The molecule has 2 rings (SSSR count). The molecular weight excluding hydrogens is 302 g/mol. The lowest BCUT2D eigenvalue weighted by Crippen LogP contribution is -2.05. The normalized spacial score (nSPS) is 10.9. The van der Waals surface area contributed by atoms with Gasteiger partial charge in [0.15, 0.2) is 0 Å². The zero-order valence-electron chi connectivity index (χ0n) is 13.1. The predicted molar refractivity (Wildman–Crippen MR) is 89.5 cm³/mol. The fourth-order valence-corrected chi connectivity index (χ4v) is 2.48. The monoisotopic (exact) mass is 323 g/mol. The summed E-state index contributed by atoms with van der Waals surface area (Å²) in [5, 5.41) is 3.26. The van der Waals surface area contributed by atoms with Gasteiger partial charge in [-0.05, 0) is 31.5 Å². The summed E-state index contributed by atoms with van der Waals surface area (Å²) in [7, 11) is 2.00. The molecule has 0 bridgehead atoms. The SMILES string of the molecule is CCOC(=O)CCCc1nc2ccc(NCCCl)cc2n1C. The van der Waals surface area contributed by atoms with Crippen molar-refractivity contribution in [2.75, 3.05) is 24.3 Å². The minimum Gasteiger partial charge on any atom is -0.466 e. The number of anilines is 1. The average Bonchev–Trinajstić information content (AvgIpc) is 2.82. The molecule has 1 N–H and O–H groups in total. The molecule has 0 aliphatic carbocycles. The van der Waals surface area contributed by atoms with E-state index in [1.807, 2.05) is 26.1 Å². The van der Waals surface area contributed by atoms with Gasteiger partial charge in [0.2, 0.25) is 0 Å². The lowest BCUT2D eigenvalue weighted by Gasteiger charge is -2.05. The number of carbonyl (C=O) groups excluding carboxylic acids is 1. The molecule has 5 nitrogen and oxygen atoms in total. The van der Waals surface area contributed by atoms with E-state index in [2.05, 4.69) is 20.9 Å². The predicted octanol–water partition coefficient (Wildman–Crippen LogP) is 3.11. The van der Waals surface area contributed by atoms with Gasteiger partial charge in [0.25, 0.3) is 0 Å². The molecule has 2 aromatic rings. The minimum absolute atomic E-state index is 0.145. The molecule has 1 heterocycles. The molecule has 120 valence electrons. The van der Waals surface area contributed by atoms with E-state index < -0.39 is 0 Å². The van der Waals surface area contributed by atoms with Crippen LogP contribution in [0.1, 0.15) is 25.6 Å². The van der Waals surface area contributed by atoms with Crippen LogP contribution in [0.4, 0.5) is 5.69 Å². The number of fused-ring (bicyclic) bond motifs is 1. The summed E-state index contributed by atoms with van der Waals surface area (Å²) in [6, 6.07) is 6.08. The minimum atomic E-state index is -0.145. The third-order valence-corrected chi connectivity index (χ3v) is 3.67. The smallest absolute Gasteiger partial charge is 0.305 e. The second-order valence-corrected chi connectivity index (χ2v) is 5.44. The summed E-state index contributed by atoms with van der Waals surface area (Å²) in [6.07, 6.45) is 1.93. The van der Waals surface area contributed by atoms with Crippen LogP contribution in [0, 0.1) is 0 Å². The third-order valence-electron chi connectivity index (χ3n) is 3.48. The number of benzene rings is 1. The Hall–Kier alpha value is -1.75. The lowest BCUT2D eigenvalue weighted by molar-refractivity contribution is -0.143. The fourth-order valence-electron chi connectivity index (χ4n) is 2.39. The fraction of sp³-hybridized carbons (Fsp3) is 0.500. The van der Waals surface area contributed by atoms with Gasteiger partial charge < -0.3 is 14.6 Å². The van der Waals surface area contributed by atoms with Gasteiger partial charge in [0.1, 0.15) is 5.82 Å². The number of nitrogens with one attached hydrogen (secondary N) is 1. The molecule has 0 saturated heterocycles. The summed E-state index contributed by atoms with van der Waals surface area (Å²) >= 11 is 5.69. The molecule has 0 saturated carbocycles. The number of nitrogens with zero attached hydrogens (tertiary/aromatic N) is 2. The summed E-state index contributed by atoms with van der Waals surface area (Å²) in [4.78, 5) is 16.0. The van der Waals surface area contributed by atoms with Crippen LogP contribution in [-0.2, 0) is 23.0 Å². The van der Waals surface area contributed by atoms with Gasteiger partial charge in [-0.25, -0.2) is 4.98 Å². The number of halogens is 1. The van der Waals surface area contributed by atoms with Gasteiger partial charge in [-0.2, -0.15) is 0 Å². The van der Waals surface area contributed by atoms with Crippen LogP contribution in [0.3, 0.4) is 0 Å². The maximum absolute atomic E-state index is 11.4. The van der Waals surface area contributed by atoms with E-state index in [-0.39, 0.29) is 5.97 Å². The molecular formula is C16H22ClN3O2. The number of esters is 1. The van der Waals surface area contributed by atoms with Gasteiger partial charge in [0, 0.05) is 38.0 Å². The van der Waals surface area contributed by atoms with Crippen LogP contribution in [0.5, 0.6) is 0 Å². The average molecular weight is 324 g/mol. The summed E-state index contributed by atoms with van der Waals surface area (Å²) in [5.74, 6) is 1.41. The highest BCUT2D eigenvalue weighted by Gasteiger charge is 2.09. The Bertz CT molecular complexity index is 640. The molecule has 0 aliphatic heterocycles. The summed E-state index contributed by atoms with van der Waals surface area (Å²) < 4.78 is 7.01. The van der Waals surface area contributed by atoms with E-state index in [9.17, 15) is 4.79 Å². The first kappa shape index (κ1) is 16.6. The zero-order chi connectivity index (χ0) is 15.9. The van der Waals surface area contributed by atoms with Gasteiger partial charge in [-0.15, -0.1) is 11.6 Å². The Morgan fingerprint density at radius 3 is 3.00 bits per heavy atom. The van der Waals surface area contributed by atoms with Crippen molar-refractivity contribution in [1.82, 2.24) is 9.55 Å². The second-order valence-electron chi connectivity index (χ2n) is 5.06. The van der Waals surface area contributed by atoms with Gasteiger partial charge in [0.05, 0.1) is 17.6 Å². The molecule has 22 heavy (non-hydrogen) atoms. The largest absolute Gasteiger partial charge is 0.466 e. The molecule has 0 aliphatic rings. The molecule has 0 radical (unpaired) electrons. The van der Waals surface area contributed by atoms with Crippen molar-refractivity contribution in [3.05, 3.63) is 24.0 Å². The van der Waals surface area contributed by atoms with Crippen molar-refractivity contribution in [2.24, 2.45) is 7.05 Å². The van der Waals surface area contributed by atoms with Gasteiger partial charge >= 0.3 is 5.97 Å². The number of hydrogen-bond acceptors (Lipinski definition) is 4. The molecule has 0 unspecified atom stereocenters. The van der Waals surface area contributed by atoms with Crippen LogP contribution in [0.2, 0.25) is 0 Å². The van der Waals surface area contributed by atoms with Crippen molar-refractivity contribution in [3.8, 4) is 0 Å². The number of rotatable bonds is 8. The van der Waals surface area contributed by atoms with Crippen LogP contribution in [0.25, 0.3) is 11.0 Å². The molecule has 1 aromatic heterocycles. The Labute approximate surface area is 135 Å². The summed E-state index contributed by atoms with van der Waals surface area (Å²) in [5.41, 5.74) is 3.07. The van der Waals surface area contributed by atoms with Gasteiger partial charge in [-0.1, -0.05) is 0 Å². The van der Waals surface area contributed by atoms with E-state index >= 15 is 0 Å². The molecule has 6 heteroatoms. The lowest BCUT2D eigenvalue weighted by atomic mass is 10.2. The first-order chi connectivity index (χ1) is 10.7. The van der Waals surface area contributed by atoms with Crippen LogP contribution >= 0.6 is 11.6 Å². The summed E-state index contributed by atoms with van der Waals surface area (Å²) in [6.45, 7) is 2.99. The van der Waals surface area contributed by atoms with Crippen molar-refractivity contribution < 1.29 is 9.53 Å². The van der Waals surface area contributed by atoms with E-state index in [0.29, 0.717) is 18.9 Å². The third kappa shape index (κ3) is 4.13. The Kier molecular flexibility index (Phi) is 6.07. The topological polar surface area (TPSA) is 56.1 Å². The molecule has 0 fully saturated rings. The second kappa shape index (κ2) is 8.03. The first-order valence-electron chi connectivity index (χ1n) is 7.56. The van der Waals surface area contributed by atoms with E-state index in [1.165, 1.54) is 0 Å². The number of imidazole rings is 1. The number of aromatic nitrogens is 2. The Morgan fingerprint density at radius 1 is 1.45 bits per heavy atom. The zero-order valence-corrected chi connectivity index (χ0v) is 13.8. The van der Waals surface area contributed by atoms with Gasteiger partial charge in [-0.3, -0.25) is 4.79 Å². The number of aryl methyl sites for hydroxylation is 2. The van der Waals surface area contributed by atoms with E-state index in [1.54, 1.807) is 0 Å². The van der Waals surface area contributed by atoms with Crippen LogP contribution in [0.15, 0.2) is 18.2 Å². The van der Waals surface area contributed by atoms with E-state index in [0.717, 1.165) is 41.9 Å². The highest BCUT2D eigenvalue weighted by atomic mass is 35.5. The number of hydrogen-bond donors (Lipinski definition) is 1. The highest BCUT2D eigenvalue weighted by molar-refractivity contribution is 6.18. The van der Waals surface area contributed by atoms with Crippen molar-refractivity contribution in [2.45, 2.75) is 26.2 Å². The number of alkyl halides is 1. The van der Waals surface area contributed by atoms with Crippen molar-refractivity contribution in [3.63, 3.8) is 0 Å². The molecule has 1 aromatic carbocycles. The highest BCUT2D eigenvalue weighted by Crippen LogP contribution is 2.20. The Balaban J connectivity index is 2.04. The maximum Gasteiger partial charge on any atom is 0.305 e. The molecule has 0 amide bonds. The van der Waals surface area contributed by atoms with Crippen molar-refractivity contribution in [1.29, 1.82) is 0 Å². The Morgan fingerprint density at radius 2 is 2.27 bits per heavy atom. The van der Waals surface area contributed by atoms with Crippen LogP contribution < -0.4 is 5.32 Å². The quantitative estimate of drug-likeness (QED) is 0.599. The number of ether oxygens (including phenoxy) is 1.